The predicted molar refractivity (Wildman–Crippen MR) is 115 cm³/mol. The molecule has 4 heterocycles. The van der Waals surface area contributed by atoms with Gasteiger partial charge in [0.15, 0.2) is 0 Å². The van der Waals surface area contributed by atoms with E-state index in [0.717, 1.165) is 5.57 Å². The Labute approximate surface area is 175 Å². The lowest BCUT2D eigenvalue weighted by atomic mass is 9.48. The van der Waals surface area contributed by atoms with Gasteiger partial charge < -0.3 is 9.31 Å². The van der Waals surface area contributed by atoms with Crippen LogP contribution in [0.25, 0.3) is 5.69 Å². The van der Waals surface area contributed by atoms with Crippen molar-refractivity contribution in [1.29, 1.82) is 0 Å². The van der Waals surface area contributed by atoms with E-state index < -0.39 is 35.7 Å². The highest BCUT2D eigenvalue weighted by atomic mass is 16.7. The third kappa shape index (κ3) is 2.18. The predicted octanol–water partition coefficient (Wildman–Crippen LogP) is 2.88. The summed E-state index contributed by atoms with van der Waals surface area (Å²) in [7, 11) is -0.594. The Hall–Kier alpha value is -2.58. The number of benzene rings is 1. The molecule has 1 unspecified atom stereocenters. The van der Waals surface area contributed by atoms with E-state index >= 15 is 0 Å². The topological polar surface area (TPSA) is 67.4 Å². The van der Waals surface area contributed by atoms with E-state index in [9.17, 15) is 9.59 Å². The molecule has 8 heteroatoms. The average Bonchev–Trinajstić information content (AvgIpc) is 3.09. The second-order valence-electron chi connectivity index (χ2n) is 9.60. The molecule has 0 radical (unpaired) electrons. The van der Waals surface area contributed by atoms with E-state index in [2.05, 4.69) is 6.58 Å². The maximum absolute atomic E-state index is 13.4. The van der Waals surface area contributed by atoms with E-state index in [0.29, 0.717) is 5.69 Å². The normalized spacial score (nSPS) is 30.7. The molecule has 0 saturated carbocycles. The third-order valence-electron chi connectivity index (χ3n) is 7.43. The van der Waals surface area contributed by atoms with Gasteiger partial charge in [0, 0.05) is 0 Å². The van der Waals surface area contributed by atoms with Crippen molar-refractivity contribution in [3.8, 4) is 5.69 Å². The zero-order valence-corrected chi connectivity index (χ0v) is 18.0. The molecule has 156 valence electrons. The van der Waals surface area contributed by atoms with Crippen LogP contribution in [0.1, 0.15) is 46.7 Å². The number of aromatic nitrogens is 3. The van der Waals surface area contributed by atoms with Crippen molar-refractivity contribution < 1.29 is 9.31 Å². The first kappa shape index (κ1) is 19.4. The van der Waals surface area contributed by atoms with Gasteiger partial charge in [-0.25, -0.2) is 23.5 Å². The van der Waals surface area contributed by atoms with Crippen molar-refractivity contribution in [3.05, 3.63) is 75.6 Å². The first-order chi connectivity index (χ1) is 14.0. The maximum Gasteiger partial charge on any atom is 0.471 e. The van der Waals surface area contributed by atoms with Crippen LogP contribution in [0.5, 0.6) is 0 Å². The fourth-order valence-corrected chi connectivity index (χ4v) is 4.75. The number of rotatable bonds is 2. The Morgan fingerprint density at radius 3 is 2.07 bits per heavy atom. The quantitative estimate of drug-likeness (QED) is 0.567. The summed E-state index contributed by atoms with van der Waals surface area (Å²) in [5, 5.41) is -0.705. The second-order valence-corrected chi connectivity index (χ2v) is 9.60. The van der Waals surface area contributed by atoms with Gasteiger partial charge in [-0.2, -0.15) is 0 Å². The van der Waals surface area contributed by atoms with Gasteiger partial charge in [-0.1, -0.05) is 43.9 Å². The molecule has 0 N–H and O–H groups in total. The van der Waals surface area contributed by atoms with Gasteiger partial charge in [0.1, 0.15) is 0 Å². The van der Waals surface area contributed by atoms with Gasteiger partial charge in [-0.15, -0.1) is 0 Å². The summed E-state index contributed by atoms with van der Waals surface area (Å²) in [5.74, 6) is 0. The number of fused-ring (bicyclic) bond motifs is 1. The Morgan fingerprint density at radius 2 is 1.47 bits per heavy atom. The van der Waals surface area contributed by atoms with E-state index in [-0.39, 0.29) is 11.4 Å². The Balaban J connectivity index is 1.70. The summed E-state index contributed by atoms with van der Waals surface area (Å²) in [6.45, 7) is 14.4. The lowest BCUT2D eigenvalue weighted by molar-refractivity contribution is 0.00578. The van der Waals surface area contributed by atoms with E-state index in [1.54, 1.807) is 16.8 Å². The van der Waals surface area contributed by atoms with Crippen molar-refractivity contribution in [3.63, 3.8) is 0 Å². The van der Waals surface area contributed by atoms with E-state index in [1.807, 2.05) is 65.0 Å². The molecule has 2 aromatic rings. The standard InChI is InChI=1S/C22H26BN3O4/c1-14-16-12-13-17(22(14,6)23-29-20(2,3)21(4,5)30-23)26-19(28)24(18(27)25(16)26)15-10-8-7-9-11-15/h7-13,16-17H,1H2,2-6H3/t16?,17-,22-/m1/s1. The number of nitrogens with zero attached hydrogens (tertiary/aromatic N) is 3. The van der Waals surface area contributed by atoms with Gasteiger partial charge in [-0.05, 0) is 45.4 Å². The van der Waals surface area contributed by atoms with Crippen LogP contribution in [-0.4, -0.2) is 32.3 Å². The molecule has 6 rings (SSSR count). The maximum atomic E-state index is 13.4. The summed E-state index contributed by atoms with van der Waals surface area (Å²) in [4.78, 5) is 26.7. The molecule has 1 aromatic carbocycles. The average molecular weight is 407 g/mol. The molecule has 1 aromatic heterocycles. The highest BCUT2D eigenvalue weighted by molar-refractivity contribution is 6.51. The molecule has 30 heavy (non-hydrogen) atoms. The fraction of sp³-hybridized carbons (Fsp3) is 0.455. The highest BCUT2D eigenvalue weighted by Gasteiger charge is 2.64. The minimum atomic E-state index is -0.705. The minimum Gasteiger partial charge on any atom is -0.403 e. The van der Waals surface area contributed by atoms with Gasteiger partial charge in [0.05, 0.1) is 34.3 Å². The van der Waals surface area contributed by atoms with E-state index in [1.165, 1.54) is 9.25 Å². The molecule has 1 fully saturated rings. The van der Waals surface area contributed by atoms with Crippen LogP contribution in [0.4, 0.5) is 0 Å². The van der Waals surface area contributed by atoms with Gasteiger partial charge >= 0.3 is 18.5 Å². The molecule has 0 spiro atoms. The van der Waals surface area contributed by atoms with Crippen LogP contribution >= 0.6 is 0 Å². The zero-order valence-electron chi connectivity index (χ0n) is 18.0. The van der Waals surface area contributed by atoms with Crippen molar-refractivity contribution in [2.24, 2.45) is 0 Å². The molecule has 3 aliphatic heterocycles. The first-order valence-corrected chi connectivity index (χ1v) is 10.3. The van der Waals surface area contributed by atoms with E-state index in [4.69, 9.17) is 9.31 Å². The molecule has 3 atom stereocenters. The molecule has 4 aliphatic rings. The monoisotopic (exact) mass is 407 g/mol. The summed E-state index contributed by atoms with van der Waals surface area (Å²) >= 11 is 0. The summed E-state index contributed by atoms with van der Waals surface area (Å²) in [5.41, 5.74) is -0.419. The van der Waals surface area contributed by atoms with Gasteiger partial charge in [-0.3, -0.25) is 0 Å². The minimum absolute atomic E-state index is 0.373. The van der Waals surface area contributed by atoms with Crippen LogP contribution in [0.15, 0.2) is 64.2 Å². The molecule has 1 saturated heterocycles. The molecule has 2 bridgehead atoms. The lowest BCUT2D eigenvalue weighted by Gasteiger charge is -2.49. The van der Waals surface area contributed by atoms with Crippen LogP contribution < -0.4 is 11.4 Å². The second kappa shape index (κ2) is 5.77. The Bertz CT molecular complexity index is 1190. The smallest absolute Gasteiger partial charge is 0.403 e. The van der Waals surface area contributed by atoms with Crippen molar-refractivity contribution in [2.75, 3.05) is 0 Å². The number of para-hydroxylation sites is 1. The summed E-state index contributed by atoms with van der Waals surface area (Å²) in [6.07, 6.45) is 3.91. The summed E-state index contributed by atoms with van der Waals surface area (Å²) in [6, 6.07) is 8.09. The molecule has 7 nitrogen and oxygen atoms in total. The van der Waals surface area contributed by atoms with Crippen LogP contribution in [0, 0.1) is 0 Å². The number of hydrogen-bond donors (Lipinski definition) is 0. The van der Waals surface area contributed by atoms with Gasteiger partial charge in [0.25, 0.3) is 0 Å². The highest BCUT2D eigenvalue weighted by Crippen LogP contribution is 2.60. The lowest BCUT2D eigenvalue weighted by Crippen LogP contribution is -2.53. The first-order valence-electron chi connectivity index (χ1n) is 10.3. The third-order valence-corrected chi connectivity index (χ3v) is 7.43. The van der Waals surface area contributed by atoms with Crippen molar-refractivity contribution in [1.82, 2.24) is 13.9 Å². The fourth-order valence-electron chi connectivity index (χ4n) is 4.75. The van der Waals surface area contributed by atoms with Crippen LogP contribution in [0.2, 0.25) is 5.31 Å². The molecule has 1 aliphatic carbocycles. The molecular formula is C22H26BN3O4. The van der Waals surface area contributed by atoms with Crippen LogP contribution in [0.3, 0.4) is 0 Å². The number of hydrogen-bond acceptors (Lipinski definition) is 4. The van der Waals surface area contributed by atoms with Crippen molar-refractivity contribution in [2.45, 2.75) is 63.2 Å². The zero-order chi connectivity index (χ0) is 21.6. The molecule has 0 amide bonds. The van der Waals surface area contributed by atoms with Crippen LogP contribution in [-0.2, 0) is 9.31 Å². The Kier molecular flexibility index (Phi) is 3.73. The number of allylic oxidation sites excluding steroid dienone is 3. The van der Waals surface area contributed by atoms with Gasteiger partial charge in [0.2, 0.25) is 0 Å². The van der Waals surface area contributed by atoms with Crippen molar-refractivity contribution >= 4 is 7.12 Å². The SMILES string of the molecule is C=C1C2C=C[C@@H](n3c(=O)n(-c4ccccc4)c(=O)n32)[C@]1(C)B1OC(C)(C)C(C)(C)O1. The molecular weight excluding hydrogens is 381 g/mol. The largest absolute Gasteiger partial charge is 0.471 e. The Morgan fingerprint density at radius 1 is 0.900 bits per heavy atom. The summed E-state index contributed by atoms with van der Waals surface area (Å²) < 4.78 is 17.0.